The molecule has 0 spiro atoms. The third-order valence-electron chi connectivity index (χ3n) is 2.60. The van der Waals surface area contributed by atoms with E-state index >= 15 is 0 Å². The molecule has 0 aliphatic carbocycles. The first kappa shape index (κ1) is 10.5. The van der Waals surface area contributed by atoms with Gasteiger partial charge in [-0.05, 0) is 5.92 Å². The lowest BCUT2D eigenvalue weighted by Gasteiger charge is -2.26. The molecule has 0 amide bonds. The highest BCUT2D eigenvalue weighted by molar-refractivity contribution is 5.38. The number of nitrogens with zero attached hydrogens (tertiary/aromatic N) is 2. The van der Waals surface area contributed by atoms with Crippen LogP contribution in [-0.2, 0) is 6.42 Å². The third-order valence-corrected chi connectivity index (χ3v) is 2.60. The molecule has 4 heteroatoms. The number of anilines is 1. The average molecular weight is 209 g/mol. The van der Waals surface area contributed by atoms with Crippen LogP contribution >= 0.6 is 0 Å². The summed E-state index contributed by atoms with van der Waals surface area (Å²) in [6.07, 6.45) is 0.971. The molecule has 0 atom stereocenters. The van der Waals surface area contributed by atoms with E-state index in [0.717, 1.165) is 44.2 Å². The van der Waals surface area contributed by atoms with Gasteiger partial charge in [0.15, 0.2) is 5.82 Å². The van der Waals surface area contributed by atoms with E-state index < -0.39 is 0 Å². The molecule has 1 aromatic heterocycles. The molecule has 1 aliphatic rings. The molecule has 84 valence electrons. The number of rotatable bonds is 3. The van der Waals surface area contributed by atoms with E-state index in [-0.39, 0.29) is 0 Å². The van der Waals surface area contributed by atoms with Crippen molar-refractivity contribution in [3.05, 3.63) is 11.8 Å². The zero-order valence-corrected chi connectivity index (χ0v) is 9.49. The average Bonchev–Trinajstić information content (AvgIpc) is 2.67. The van der Waals surface area contributed by atoms with Crippen LogP contribution in [0, 0.1) is 5.92 Å². The summed E-state index contributed by atoms with van der Waals surface area (Å²) in [7, 11) is 0. The molecular formula is C11H19N3O. The Labute approximate surface area is 90.6 Å². The maximum Gasteiger partial charge on any atom is 0.172 e. The summed E-state index contributed by atoms with van der Waals surface area (Å²) in [6, 6.07) is 2.07. The van der Waals surface area contributed by atoms with E-state index in [2.05, 4.69) is 35.3 Å². The van der Waals surface area contributed by atoms with E-state index in [1.807, 2.05) is 0 Å². The van der Waals surface area contributed by atoms with Crippen molar-refractivity contribution >= 4 is 5.82 Å². The van der Waals surface area contributed by atoms with Gasteiger partial charge in [0.1, 0.15) is 5.76 Å². The number of aromatic nitrogens is 1. The van der Waals surface area contributed by atoms with Gasteiger partial charge in [0.05, 0.1) is 0 Å². The molecule has 1 fully saturated rings. The first-order chi connectivity index (χ1) is 7.25. The SMILES string of the molecule is CC(C)Cc1cc(N2CCNCC2)no1. The summed E-state index contributed by atoms with van der Waals surface area (Å²) in [5.74, 6) is 2.61. The molecule has 2 rings (SSSR count). The van der Waals surface area contributed by atoms with Gasteiger partial charge in [-0.25, -0.2) is 0 Å². The molecule has 0 unspecified atom stereocenters. The Hall–Kier alpha value is -1.03. The molecule has 1 aliphatic heterocycles. The van der Waals surface area contributed by atoms with Crippen LogP contribution in [0.25, 0.3) is 0 Å². The molecule has 2 heterocycles. The van der Waals surface area contributed by atoms with Crippen LogP contribution in [-0.4, -0.2) is 31.3 Å². The highest BCUT2D eigenvalue weighted by atomic mass is 16.5. The lowest BCUT2D eigenvalue weighted by Crippen LogP contribution is -2.43. The Bertz CT molecular complexity index is 303. The Balaban J connectivity index is 1.99. The van der Waals surface area contributed by atoms with E-state index in [0.29, 0.717) is 5.92 Å². The number of hydrogen-bond donors (Lipinski definition) is 1. The van der Waals surface area contributed by atoms with Gasteiger partial charge in [-0.2, -0.15) is 0 Å². The van der Waals surface area contributed by atoms with Crippen molar-refractivity contribution in [2.24, 2.45) is 5.92 Å². The second kappa shape index (κ2) is 4.66. The van der Waals surface area contributed by atoms with Crippen LogP contribution < -0.4 is 10.2 Å². The first-order valence-corrected chi connectivity index (χ1v) is 5.67. The van der Waals surface area contributed by atoms with Crippen molar-refractivity contribution in [3.8, 4) is 0 Å². The van der Waals surface area contributed by atoms with E-state index in [9.17, 15) is 0 Å². The Morgan fingerprint density at radius 2 is 2.20 bits per heavy atom. The molecule has 0 bridgehead atoms. The van der Waals surface area contributed by atoms with Crippen LogP contribution in [0.3, 0.4) is 0 Å². The van der Waals surface area contributed by atoms with Crippen molar-refractivity contribution < 1.29 is 4.52 Å². The van der Waals surface area contributed by atoms with Gasteiger partial charge in [-0.3, -0.25) is 0 Å². The second-order valence-electron chi connectivity index (χ2n) is 4.49. The Kier molecular flexibility index (Phi) is 3.26. The lowest BCUT2D eigenvalue weighted by molar-refractivity contribution is 0.368. The lowest BCUT2D eigenvalue weighted by atomic mass is 10.1. The van der Waals surface area contributed by atoms with Crippen LogP contribution in [0.1, 0.15) is 19.6 Å². The molecular weight excluding hydrogens is 190 g/mol. The fraction of sp³-hybridized carbons (Fsp3) is 0.727. The summed E-state index contributed by atoms with van der Waals surface area (Å²) in [5, 5.41) is 7.44. The summed E-state index contributed by atoms with van der Waals surface area (Å²) < 4.78 is 5.32. The highest BCUT2D eigenvalue weighted by Gasteiger charge is 2.14. The van der Waals surface area contributed by atoms with Crippen molar-refractivity contribution in [1.29, 1.82) is 0 Å². The van der Waals surface area contributed by atoms with Crippen LogP contribution in [0.5, 0.6) is 0 Å². The summed E-state index contributed by atoms with van der Waals surface area (Å²) in [5.41, 5.74) is 0. The van der Waals surface area contributed by atoms with Crippen molar-refractivity contribution in [2.45, 2.75) is 20.3 Å². The molecule has 0 saturated carbocycles. The second-order valence-corrected chi connectivity index (χ2v) is 4.49. The summed E-state index contributed by atoms with van der Waals surface area (Å²) in [4.78, 5) is 2.27. The summed E-state index contributed by atoms with van der Waals surface area (Å²) >= 11 is 0. The molecule has 1 saturated heterocycles. The van der Waals surface area contributed by atoms with Gasteiger partial charge in [0, 0.05) is 38.7 Å². The van der Waals surface area contributed by atoms with Crippen molar-refractivity contribution in [1.82, 2.24) is 10.5 Å². The largest absolute Gasteiger partial charge is 0.359 e. The normalized spacial score (nSPS) is 17.4. The van der Waals surface area contributed by atoms with Crippen LogP contribution in [0.15, 0.2) is 10.6 Å². The number of piperazine rings is 1. The van der Waals surface area contributed by atoms with Gasteiger partial charge in [-0.15, -0.1) is 0 Å². The van der Waals surface area contributed by atoms with Gasteiger partial charge < -0.3 is 14.7 Å². The third kappa shape index (κ3) is 2.72. The van der Waals surface area contributed by atoms with E-state index in [1.54, 1.807) is 0 Å². The highest BCUT2D eigenvalue weighted by Crippen LogP contribution is 2.17. The van der Waals surface area contributed by atoms with Gasteiger partial charge in [0.25, 0.3) is 0 Å². The van der Waals surface area contributed by atoms with Crippen molar-refractivity contribution in [2.75, 3.05) is 31.1 Å². The maximum atomic E-state index is 5.32. The van der Waals surface area contributed by atoms with Crippen molar-refractivity contribution in [3.63, 3.8) is 0 Å². The summed E-state index contributed by atoms with van der Waals surface area (Å²) in [6.45, 7) is 8.49. The van der Waals surface area contributed by atoms with Crippen LogP contribution in [0.2, 0.25) is 0 Å². The topological polar surface area (TPSA) is 41.3 Å². The molecule has 15 heavy (non-hydrogen) atoms. The Morgan fingerprint density at radius 3 is 2.87 bits per heavy atom. The zero-order valence-electron chi connectivity index (χ0n) is 9.49. The zero-order chi connectivity index (χ0) is 10.7. The quantitative estimate of drug-likeness (QED) is 0.814. The fourth-order valence-corrected chi connectivity index (χ4v) is 1.84. The van der Waals surface area contributed by atoms with Crippen LogP contribution in [0.4, 0.5) is 5.82 Å². The predicted octanol–water partition coefficient (Wildman–Crippen LogP) is 1.28. The minimum atomic E-state index is 0.619. The molecule has 1 N–H and O–H groups in total. The predicted molar refractivity (Wildman–Crippen MR) is 60.1 cm³/mol. The number of nitrogens with one attached hydrogen (secondary N) is 1. The maximum absolute atomic E-state index is 5.32. The number of hydrogen-bond acceptors (Lipinski definition) is 4. The monoisotopic (exact) mass is 209 g/mol. The smallest absolute Gasteiger partial charge is 0.172 e. The fourth-order valence-electron chi connectivity index (χ4n) is 1.84. The molecule has 0 aromatic carbocycles. The minimum Gasteiger partial charge on any atom is -0.359 e. The van der Waals surface area contributed by atoms with Gasteiger partial charge >= 0.3 is 0 Å². The van der Waals surface area contributed by atoms with E-state index in [1.165, 1.54) is 0 Å². The minimum absolute atomic E-state index is 0.619. The molecule has 0 radical (unpaired) electrons. The van der Waals surface area contributed by atoms with Gasteiger partial charge in [-0.1, -0.05) is 19.0 Å². The Morgan fingerprint density at radius 1 is 1.47 bits per heavy atom. The standard InChI is InChI=1S/C11H19N3O/c1-9(2)7-10-8-11(13-15-10)14-5-3-12-4-6-14/h8-9,12H,3-7H2,1-2H3. The van der Waals surface area contributed by atoms with E-state index in [4.69, 9.17) is 4.52 Å². The first-order valence-electron chi connectivity index (χ1n) is 5.67. The molecule has 4 nitrogen and oxygen atoms in total. The molecule has 1 aromatic rings. The van der Waals surface area contributed by atoms with Gasteiger partial charge in [0.2, 0.25) is 0 Å².